The molecule has 1 aliphatic rings. The van der Waals surface area contributed by atoms with Crippen LogP contribution in [0.25, 0.3) is 0 Å². The van der Waals surface area contributed by atoms with E-state index in [4.69, 9.17) is 18.0 Å². The minimum Gasteiger partial charge on any atom is -0.369 e. The van der Waals surface area contributed by atoms with Gasteiger partial charge in [0.1, 0.15) is 0 Å². The first-order chi connectivity index (χ1) is 11.4. The van der Waals surface area contributed by atoms with Crippen LogP contribution in [0.1, 0.15) is 19.8 Å². The van der Waals surface area contributed by atoms with E-state index < -0.39 is 0 Å². The van der Waals surface area contributed by atoms with Crippen LogP contribution in [-0.4, -0.2) is 40.7 Å². The lowest BCUT2D eigenvalue weighted by atomic mass is 9.96. The maximum atomic E-state index is 12.2. The largest absolute Gasteiger partial charge is 0.369 e. The van der Waals surface area contributed by atoms with E-state index in [-0.39, 0.29) is 28.6 Å². The van der Waals surface area contributed by atoms with Crippen LogP contribution in [0.2, 0.25) is 0 Å². The number of nitrogens with one attached hydrogen (secondary N) is 2. The second kappa shape index (κ2) is 7.87. The van der Waals surface area contributed by atoms with Gasteiger partial charge in [0.05, 0.1) is 0 Å². The lowest BCUT2D eigenvalue weighted by Gasteiger charge is -2.31. The minimum absolute atomic E-state index is 0.145. The van der Waals surface area contributed by atoms with Crippen LogP contribution in [0.4, 0.5) is 11.4 Å². The number of anilines is 2. The standard InChI is InChI=1S/C16H20N4O3S/c1-10(21)18-12-2-4-13(5-3-12)19-15(23)16(24)20-8-6-11(7-9-20)14(17)22/h2-5,11H,6-9H2,1H3,(H2,17,22)(H,18,21)(H,19,23). The topological polar surface area (TPSA) is 105 Å². The van der Waals surface area contributed by atoms with Crippen LogP contribution < -0.4 is 16.4 Å². The molecule has 2 rings (SSSR count). The zero-order valence-corrected chi connectivity index (χ0v) is 14.2. The summed E-state index contributed by atoms with van der Waals surface area (Å²) in [5.74, 6) is -0.972. The van der Waals surface area contributed by atoms with Gasteiger partial charge in [-0.25, -0.2) is 0 Å². The van der Waals surface area contributed by atoms with E-state index in [1.807, 2.05) is 0 Å². The summed E-state index contributed by atoms with van der Waals surface area (Å²) in [4.78, 5) is 36.4. The van der Waals surface area contributed by atoms with Crippen LogP contribution in [0, 0.1) is 5.92 Å². The van der Waals surface area contributed by atoms with Gasteiger partial charge in [0.25, 0.3) is 5.91 Å². The molecule has 8 heteroatoms. The molecule has 0 aliphatic carbocycles. The van der Waals surface area contributed by atoms with Gasteiger partial charge in [0.2, 0.25) is 11.8 Å². The number of amides is 3. The smallest absolute Gasteiger partial charge is 0.283 e. The van der Waals surface area contributed by atoms with Gasteiger partial charge in [-0.05, 0) is 37.1 Å². The zero-order chi connectivity index (χ0) is 17.7. The Morgan fingerprint density at radius 3 is 2.04 bits per heavy atom. The molecule has 0 aromatic heterocycles. The molecule has 1 aromatic rings. The average Bonchev–Trinajstić information content (AvgIpc) is 2.55. The summed E-state index contributed by atoms with van der Waals surface area (Å²) in [7, 11) is 0. The normalized spacial score (nSPS) is 14.8. The summed E-state index contributed by atoms with van der Waals surface area (Å²) in [6.07, 6.45) is 1.21. The Balaban J connectivity index is 1.89. The second-order valence-corrected chi connectivity index (χ2v) is 6.07. The molecular weight excluding hydrogens is 328 g/mol. The van der Waals surface area contributed by atoms with E-state index in [0.29, 0.717) is 37.3 Å². The van der Waals surface area contributed by atoms with Crippen molar-refractivity contribution in [1.29, 1.82) is 0 Å². The number of thiocarbonyl (C=S) groups is 1. The Kier molecular flexibility index (Phi) is 5.86. The minimum atomic E-state index is -0.366. The van der Waals surface area contributed by atoms with E-state index in [0.717, 1.165) is 0 Å². The van der Waals surface area contributed by atoms with Gasteiger partial charge in [0.15, 0.2) is 4.99 Å². The quantitative estimate of drug-likeness (QED) is 0.710. The third kappa shape index (κ3) is 4.76. The Hall–Kier alpha value is -2.48. The molecule has 24 heavy (non-hydrogen) atoms. The molecule has 0 spiro atoms. The number of piperidine rings is 1. The van der Waals surface area contributed by atoms with Crippen molar-refractivity contribution in [3.63, 3.8) is 0 Å². The van der Waals surface area contributed by atoms with Crippen molar-refractivity contribution in [2.45, 2.75) is 19.8 Å². The van der Waals surface area contributed by atoms with Crippen molar-refractivity contribution < 1.29 is 14.4 Å². The summed E-state index contributed by atoms with van der Waals surface area (Å²) < 4.78 is 0. The molecular formula is C16H20N4O3S. The Bertz CT molecular complexity index is 652. The number of carbonyl (C=O) groups is 3. The Morgan fingerprint density at radius 2 is 1.58 bits per heavy atom. The Morgan fingerprint density at radius 1 is 1.08 bits per heavy atom. The molecule has 1 aromatic carbocycles. The number of likely N-dealkylation sites (tertiary alicyclic amines) is 1. The molecule has 0 saturated carbocycles. The molecule has 1 saturated heterocycles. The second-order valence-electron chi connectivity index (χ2n) is 5.68. The van der Waals surface area contributed by atoms with Gasteiger partial charge in [0, 0.05) is 37.3 Å². The third-order valence-electron chi connectivity index (χ3n) is 3.84. The van der Waals surface area contributed by atoms with E-state index in [2.05, 4.69) is 10.6 Å². The van der Waals surface area contributed by atoms with Crippen LogP contribution in [0.3, 0.4) is 0 Å². The van der Waals surface area contributed by atoms with Crippen LogP contribution in [0.15, 0.2) is 24.3 Å². The molecule has 3 amide bonds. The van der Waals surface area contributed by atoms with Crippen LogP contribution >= 0.6 is 12.2 Å². The number of carbonyl (C=O) groups excluding carboxylic acids is 3. The summed E-state index contributed by atoms with van der Waals surface area (Å²) >= 11 is 5.22. The number of hydrogen-bond acceptors (Lipinski definition) is 4. The van der Waals surface area contributed by atoms with Crippen molar-refractivity contribution in [3.8, 4) is 0 Å². The first kappa shape index (κ1) is 17.9. The molecule has 0 atom stereocenters. The van der Waals surface area contributed by atoms with E-state index in [1.165, 1.54) is 6.92 Å². The van der Waals surface area contributed by atoms with Crippen molar-refractivity contribution >= 4 is 46.3 Å². The fourth-order valence-corrected chi connectivity index (χ4v) is 2.77. The summed E-state index contributed by atoms with van der Waals surface area (Å²) in [5.41, 5.74) is 6.53. The number of rotatable bonds is 3. The number of nitrogens with two attached hydrogens (primary N) is 1. The van der Waals surface area contributed by atoms with E-state index >= 15 is 0 Å². The summed E-state index contributed by atoms with van der Waals surface area (Å²) in [5, 5.41) is 5.38. The highest BCUT2D eigenvalue weighted by atomic mass is 32.1. The average molecular weight is 348 g/mol. The van der Waals surface area contributed by atoms with Gasteiger partial charge >= 0.3 is 0 Å². The molecule has 1 fully saturated rings. The first-order valence-corrected chi connectivity index (χ1v) is 8.05. The predicted molar refractivity (Wildman–Crippen MR) is 95.5 cm³/mol. The predicted octanol–water partition coefficient (Wildman–Crippen LogP) is 1.11. The number of primary amides is 1. The maximum absolute atomic E-state index is 12.2. The van der Waals surface area contributed by atoms with E-state index in [1.54, 1.807) is 29.2 Å². The molecule has 1 aliphatic heterocycles. The monoisotopic (exact) mass is 348 g/mol. The van der Waals surface area contributed by atoms with Gasteiger partial charge < -0.3 is 21.3 Å². The highest BCUT2D eigenvalue weighted by Gasteiger charge is 2.26. The maximum Gasteiger partial charge on any atom is 0.283 e. The Labute approximate surface area is 145 Å². The molecule has 0 bridgehead atoms. The van der Waals surface area contributed by atoms with Gasteiger partial charge in [-0.15, -0.1) is 0 Å². The van der Waals surface area contributed by atoms with E-state index in [9.17, 15) is 14.4 Å². The van der Waals surface area contributed by atoms with Crippen molar-refractivity contribution in [2.75, 3.05) is 23.7 Å². The van der Waals surface area contributed by atoms with Crippen LogP contribution in [-0.2, 0) is 14.4 Å². The molecule has 0 radical (unpaired) electrons. The molecule has 7 nitrogen and oxygen atoms in total. The molecule has 4 N–H and O–H groups in total. The number of hydrogen-bond donors (Lipinski definition) is 3. The first-order valence-electron chi connectivity index (χ1n) is 7.64. The van der Waals surface area contributed by atoms with Crippen LogP contribution in [0.5, 0.6) is 0 Å². The highest BCUT2D eigenvalue weighted by Crippen LogP contribution is 2.18. The molecule has 128 valence electrons. The van der Waals surface area contributed by atoms with Crippen molar-refractivity contribution in [1.82, 2.24) is 4.90 Å². The van der Waals surface area contributed by atoms with Crippen molar-refractivity contribution in [2.24, 2.45) is 11.7 Å². The zero-order valence-electron chi connectivity index (χ0n) is 13.4. The van der Waals surface area contributed by atoms with Gasteiger partial charge in [-0.1, -0.05) is 12.2 Å². The number of benzene rings is 1. The fraction of sp³-hybridized carbons (Fsp3) is 0.375. The van der Waals surface area contributed by atoms with Gasteiger partial charge in [-0.2, -0.15) is 0 Å². The fourth-order valence-electron chi connectivity index (χ4n) is 2.54. The highest BCUT2D eigenvalue weighted by molar-refractivity contribution is 7.82. The molecule has 0 unspecified atom stereocenters. The summed E-state index contributed by atoms with van der Waals surface area (Å²) in [6.45, 7) is 2.51. The lowest BCUT2D eigenvalue weighted by molar-refractivity contribution is -0.122. The lowest BCUT2D eigenvalue weighted by Crippen LogP contribution is -2.45. The number of nitrogens with zero attached hydrogens (tertiary/aromatic N) is 1. The molecule has 1 heterocycles. The third-order valence-corrected chi connectivity index (χ3v) is 4.29. The van der Waals surface area contributed by atoms with Crippen molar-refractivity contribution in [3.05, 3.63) is 24.3 Å². The summed E-state index contributed by atoms with van der Waals surface area (Å²) in [6, 6.07) is 6.76. The SMILES string of the molecule is CC(=O)Nc1ccc(NC(=O)C(=S)N2CCC(C(N)=O)CC2)cc1. The van der Waals surface area contributed by atoms with Gasteiger partial charge in [-0.3, -0.25) is 14.4 Å².